The third-order valence-electron chi connectivity index (χ3n) is 8.26. The molecular weight excluding hydrogens is 458 g/mol. The van der Waals surface area contributed by atoms with Gasteiger partial charge in [-0.1, -0.05) is 66.9 Å². The molecule has 1 N–H and O–H groups in total. The minimum absolute atomic E-state index is 0.0472. The van der Waals surface area contributed by atoms with E-state index in [-0.39, 0.29) is 23.8 Å². The summed E-state index contributed by atoms with van der Waals surface area (Å²) < 4.78 is 0. The zero-order valence-electron chi connectivity index (χ0n) is 20.6. The molecule has 0 radical (unpaired) electrons. The molecule has 0 bridgehead atoms. The summed E-state index contributed by atoms with van der Waals surface area (Å²) in [4.78, 5) is 30.6. The number of fused-ring (bicyclic) bond motifs is 1. The molecule has 2 heterocycles. The average Bonchev–Trinajstić information content (AvgIpc) is 3.59. The molecule has 3 atom stereocenters. The van der Waals surface area contributed by atoms with E-state index in [0.29, 0.717) is 22.4 Å². The summed E-state index contributed by atoms with van der Waals surface area (Å²) >= 11 is 6.36. The Morgan fingerprint density at radius 2 is 1.66 bits per heavy atom. The van der Waals surface area contributed by atoms with Crippen LogP contribution >= 0.6 is 11.6 Å². The van der Waals surface area contributed by atoms with Gasteiger partial charge in [0.1, 0.15) is 0 Å². The predicted octanol–water partition coefficient (Wildman–Crippen LogP) is 5.09. The van der Waals surface area contributed by atoms with Gasteiger partial charge < -0.3 is 15.1 Å². The average molecular weight is 494 g/mol. The number of benzene rings is 2. The van der Waals surface area contributed by atoms with Crippen molar-refractivity contribution in [3.8, 4) is 0 Å². The molecule has 0 aromatic heterocycles. The number of rotatable bonds is 7. The maximum atomic E-state index is 13.2. The number of carbonyl (C=O) groups excluding carboxylic acids is 2. The summed E-state index contributed by atoms with van der Waals surface area (Å²) in [5, 5.41) is 3.91. The van der Waals surface area contributed by atoms with Crippen LogP contribution < -0.4 is 5.32 Å². The minimum atomic E-state index is 0.0472. The molecule has 3 aliphatic rings. The number of carbonyl (C=O) groups is 2. The van der Waals surface area contributed by atoms with Gasteiger partial charge in [0.05, 0.1) is 16.6 Å². The zero-order valence-corrected chi connectivity index (χ0v) is 21.3. The molecule has 1 saturated carbocycles. The van der Waals surface area contributed by atoms with Gasteiger partial charge in [0.15, 0.2) is 0 Å². The molecule has 5 rings (SSSR count). The van der Waals surface area contributed by atoms with Crippen molar-refractivity contribution in [3.63, 3.8) is 0 Å². The molecule has 0 spiro atoms. The van der Waals surface area contributed by atoms with Gasteiger partial charge in [-0.25, -0.2) is 0 Å². The fourth-order valence-corrected chi connectivity index (χ4v) is 6.60. The van der Waals surface area contributed by atoms with Crippen LogP contribution in [0.1, 0.15) is 59.6 Å². The van der Waals surface area contributed by atoms with Gasteiger partial charge in [-0.3, -0.25) is 9.59 Å². The number of likely N-dealkylation sites (tertiary alicyclic amines) is 2. The van der Waals surface area contributed by atoms with Crippen molar-refractivity contribution in [3.05, 3.63) is 70.2 Å². The second-order valence-electron chi connectivity index (χ2n) is 10.7. The number of aryl methyl sites for hydroxylation is 1. The lowest BCUT2D eigenvalue weighted by atomic mass is 10.0. The normalized spacial score (nSPS) is 23.4. The van der Waals surface area contributed by atoms with E-state index in [2.05, 4.69) is 34.5 Å². The van der Waals surface area contributed by atoms with Gasteiger partial charge in [0, 0.05) is 38.6 Å². The molecule has 6 heteroatoms. The second kappa shape index (κ2) is 10.7. The monoisotopic (exact) mass is 493 g/mol. The first-order valence-corrected chi connectivity index (χ1v) is 13.5. The van der Waals surface area contributed by atoms with E-state index >= 15 is 0 Å². The molecule has 2 aromatic rings. The number of halogens is 1. The largest absolute Gasteiger partial charge is 0.349 e. The highest BCUT2D eigenvalue weighted by Crippen LogP contribution is 2.34. The Kier molecular flexibility index (Phi) is 7.45. The Morgan fingerprint density at radius 1 is 0.971 bits per heavy atom. The Hall–Kier alpha value is -2.37. The van der Waals surface area contributed by atoms with Crippen molar-refractivity contribution in [2.24, 2.45) is 17.8 Å². The van der Waals surface area contributed by atoms with Crippen molar-refractivity contribution < 1.29 is 9.59 Å². The highest BCUT2D eigenvalue weighted by atomic mass is 35.5. The van der Waals surface area contributed by atoms with E-state index in [1.807, 2.05) is 30.0 Å². The topological polar surface area (TPSA) is 52.7 Å². The van der Waals surface area contributed by atoms with Gasteiger partial charge >= 0.3 is 0 Å². The summed E-state index contributed by atoms with van der Waals surface area (Å²) in [6.07, 6.45) is 5.28. The molecule has 2 unspecified atom stereocenters. The zero-order chi connectivity index (χ0) is 24.4. The van der Waals surface area contributed by atoms with Crippen molar-refractivity contribution in [1.29, 1.82) is 0 Å². The SMILES string of the molecule is Cc1cccc(Cl)c1C(=O)N1CC2CN(CC[C@H](NC(=O)C3CCCC3)c3ccccc3)CC2C1. The van der Waals surface area contributed by atoms with E-state index in [9.17, 15) is 9.59 Å². The van der Waals surface area contributed by atoms with Gasteiger partial charge in [-0.05, 0) is 55.2 Å². The third kappa shape index (κ3) is 5.41. The number of nitrogens with zero attached hydrogens (tertiary/aromatic N) is 2. The van der Waals surface area contributed by atoms with Crippen molar-refractivity contribution >= 4 is 23.4 Å². The standard InChI is InChI=1S/C29H36ClN3O2/c1-20-8-7-13-25(30)27(20)29(35)33-18-23-16-32(17-24(23)19-33)15-14-26(21-9-3-2-4-10-21)31-28(34)22-11-5-6-12-22/h2-4,7-10,13,22-24,26H,5-6,11-12,14-19H2,1H3,(H,31,34)/t23?,24?,26-/m0/s1. The maximum Gasteiger partial charge on any atom is 0.255 e. The van der Waals surface area contributed by atoms with E-state index < -0.39 is 0 Å². The number of nitrogens with one attached hydrogen (secondary N) is 1. The number of hydrogen-bond acceptors (Lipinski definition) is 3. The molecule has 2 amide bonds. The number of amides is 2. The van der Waals surface area contributed by atoms with E-state index in [4.69, 9.17) is 11.6 Å². The molecule has 2 saturated heterocycles. The van der Waals surface area contributed by atoms with Gasteiger partial charge in [-0.2, -0.15) is 0 Å². The molecule has 1 aliphatic carbocycles. The van der Waals surface area contributed by atoms with Gasteiger partial charge in [0.2, 0.25) is 5.91 Å². The first-order chi connectivity index (χ1) is 17.0. The smallest absolute Gasteiger partial charge is 0.255 e. The van der Waals surface area contributed by atoms with E-state index in [1.165, 1.54) is 18.4 Å². The minimum Gasteiger partial charge on any atom is -0.349 e. The third-order valence-corrected chi connectivity index (χ3v) is 8.58. The van der Waals surface area contributed by atoms with Crippen LogP contribution in [-0.4, -0.2) is 54.3 Å². The Balaban J connectivity index is 1.17. The van der Waals surface area contributed by atoms with Crippen LogP contribution in [-0.2, 0) is 4.79 Å². The summed E-state index contributed by atoms with van der Waals surface area (Å²) in [5.74, 6) is 1.47. The Labute approximate surface area is 213 Å². The molecule has 2 aliphatic heterocycles. The van der Waals surface area contributed by atoms with Crippen LogP contribution in [0.25, 0.3) is 0 Å². The van der Waals surface area contributed by atoms with Crippen LogP contribution in [0.15, 0.2) is 48.5 Å². The first-order valence-electron chi connectivity index (χ1n) is 13.1. The van der Waals surface area contributed by atoms with Crippen molar-refractivity contribution in [2.45, 2.75) is 45.1 Å². The first kappa shape index (κ1) is 24.3. The molecular formula is C29H36ClN3O2. The van der Waals surface area contributed by atoms with Gasteiger partial charge in [-0.15, -0.1) is 0 Å². The highest BCUT2D eigenvalue weighted by molar-refractivity contribution is 6.34. The summed E-state index contributed by atoms with van der Waals surface area (Å²) in [5.41, 5.74) is 2.77. The number of hydrogen-bond donors (Lipinski definition) is 1. The van der Waals surface area contributed by atoms with Crippen LogP contribution in [0.5, 0.6) is 0 Å². The maximum absolute atomic E-state index is 13.2. The summed E-state index contributed by atoms with van der Waals surface area (Å²) in [6.45, 7) is 6.51. The van der Waals surface area contributed by atoms with Crippen LogP contribution in [0.4, 0.5) is 0 Å². The lowest BCUT2D eigenvalue weighted by Gasteiger charge is -2.26. The molecule has 186 valence electrons. The summed E-state index contributed by atoms with van der Waals surface area (Å²) in [7, 11) is 0. The van der Waals surface area contributed by atoms with Crippen molar-refractivity contribution in [1.82, 2.24) is 15.1 Å². The van der Waals surface area contributed by atoms with E-state index in [0.717, 1.165) is 57.5 Å². The molecule has 3 fully saturated rings. The quantitative estimate of drug-likeness (QED) is 0.584. The second-order valence-corrected chi connectivity index (χ2v) is 11.1. The van der Waals surface area contributed by atoms with Gasteiger partial charge in [0.25, 0.3) is 5.91 Å². The molecule has 2 aromatic carbocycles. The Morgan fingerprint density at radius 3 is 2.31 bits per heavy atom. The Bertz CT molecular complexity index is 1020. The fraction of sp³-hybridized carbons (Fsp3) is 0.517. The summed E-state index contributed by atoms with van der Waals surface area (Å²) in [6, 6.07) is 16.1. The lowest BCUT2D eigenvalue weighted by Crippen LogP contribution is -2.36. The van der Waals surface area contributed by atoms with Crippen LogP contribution in [0.3, 0.4) is 0 Å². The van der Waals surface area contributed by atoms with Crippen molar-refractivity contribution in [2.75, 3.05) is 32.7 Å². The lowest BCUT2D eigenvalue weighted by molar-refractivity contribution is -0.125. The van der Waals surface area contributed by atoms with Crippen LogP contribution in [0, 0.1) is 24.7 Å². The predicted molar refractivity (Wildman–Crippen MR) is 139 cm³/mol. The molecule has 5 nitrogen and oxygen atoms in total. The van der Waals surface area contributed by atoms with E-state index in [1.54, 1.807) is 6.07 Å². The highest BCUT2D eigenvalue weighted by Gasteiger charge is 2.42. The molecule has 35 heavy (non-hydrogen) atoms. The fourth-order valence-electron chi connectivity index (χ4n) is 6.30. The van der Waals surface area contributed by atoms with Crippen LogP contribution in [0.2, 0.25) is 5.02 Å².